The van der Waals surface area contributed by atoms with E-state index in [1.807, 2.05) is 6.92 Å². The van der Waals surface area contributed by atoms with Gasteiger partial charge in [0.15, 0.2) is 0 Å². The van der Waals surface area contributed by atoms with E-state index >= 15 is 0 Å². The van der Waals surface area contributed by atoms with Crippen LogP contribution < -0.4 is 5.32 Å². The zero-order valence-corrected chi connectivity index (χ0v) is 11.1. The van der Waals surface area contributed by atoms with Crippen LogP contribution in [0.4, 0.5) is 0 Å². The highest BCUT2D eigenvalue weighted by Crippen LogP contribution is 2.06. The van der Waals surface area contributed by atoms with Crippen LogP contribution in [0.25, 0.3) is 0 Å². The van der Waals surface area contributed by atoms with Crippen molar-refractivity contribution in [3.63, 3.8) is 0 Å². The maximum atomic E-state index is 11.5. The summed E-state index contributed by atoms with van der Waals surface area (Å²) in [6.45, 7) is 7.24. The van der Waals surface area contributed by atoms with E-state index in [1.165, 1.54) is 12.8 Å². The summed E-state index contributed by atoms with van der Waals surface area (Å²) in [5, 5.41) is 3.05. The van der Waals surface area contributed by atoms with Gasteiger partial charge in [0.25, 0.3) is 0 Å². The summed E-state index contributed by atoms with van der Waals surface area (Å²) in [4.78, 5) is 11.5. The van der Waals surface area contributed by atoms with E-state index in [1.54, 1.807) is 0 Å². The minimum absolute atomic E-state index is 0.0306. The van der Waals surface area contributed by atoms with Crippen LogP contribution >= 0.6 is 0 Å². The number of nitrogens with one attached hydrogen (secondary N) is 1. The van der Waals surface area contributed by atoms with Crippen LogP contribution in [0.15, 0.2) is 0 Å². The van der Waals surface area contributed by atoms with Crippen LogP contribution in [-0.2, 0) is 9.53 Å². The van der Waals surface area contributed by atoms with Gasteiger partial charge in [-0.05, 0) is 19.3 Å². The molecule has 0 aliphatic heterocycles. The monoisotopic (exact) mass is 229 g/mol. The first kappa shape index (κ1) is 15.4. The van der Waals surface area contributed by atoms with Crippen molar-refractivity contribution in [1.29, 1.82) is 0 Å². The number of carbonyl (C=O) groups excluding carboxylic acids is 1. The standard InChI is InChI=1S/C13H27NO2/c1-4-7-9-12(8-5-2)14-13(15)11-16-10-6-3/h12H,4-11H2,1-3H3,(H,14,15). The van der Waals surface area contributed by atoms with E-state index < -0.39 is 0 Å². The molecule has 0 aromatic heterocycles. The molecule has 3 nitrogen and oxygen atoms in total. The third-order valence-corrected chi connectivity index (χ3v) is 2.49. The molecule has 3 heteroatoms. The van der Waals surface area contributed by atoms with Gasteiger partial charge in [0, 0.05) is 12.6 Å². The van der Waals surface area contributed by atoms with Gasteiger partial charge in [-0.25, -0.2) is 0 Å². The quantitative estimate of drug-likeness (QED) is 0.585. The fourth-order valence-electron chi connectivity index (χ4n) is 1.67. The number of ether oxygens (including phenoxy) is 1. The van der Waals surface area contributed by atoms with Crippen molar-refractivity contribution in [2.45, 2.75) is 65.3 Å². The van der Waals surface area contributed by atoms with Crippen LogP contribution in [0.3, 0.4) is 0 Å². The van der Waals surface area contributed by atoms with Gasteiger partial charge >= 0.3 is 0 Å². The molecule has 1 unspecified atom stereocenters. The molecule has 96 valence electrons. The number of unbranched alkanes of at least 4 members (excludes halogenated alkanes) is 1. The zero-order chi connectivity index (χ0) is 12.2. The van der Waals surface area contributed by atoms with Crippen LogP contribution in [0.5, 0.6) is 0 Å². The second-order valence-corrected chi connectivity index (χ2v) is 4.25. The van der Waals surface area contributed by atoms with Crippen LogP contribution in [0.1, 0.15) is 59.3 Å². The van der Waals surface area contributed by atoms with Gasteiger partial charge in [-0.1, -0.05) is 40.0 Å². The molecular formula is C13H27NO2. The second kappa shape index (κ2) is 10.9. The Labute approximate surface area is 99.9 Å². The Kier molecular flexibility index (Phi) is 10.5. The third kappa shape index (κ3) is 8.72. The van der Waals surface area contributed by atoms with E-state index in [4.69, 9.17) is 4.74 Å². The zero-order valence-electron chi connectivity index (χ0n) is 11.1. The lowest BCUT2D eigenvalue weighted by Gasteiger charge is -2.17. The highest BCUT2D eigenvalue weighted by atomic mass is 16.5. The molecule has 0 saturated heterocycles. The average molecular weight is 229 g/mol. The van der Waals surface area contributed by atoms with Crippen molar-refractivity contribution in [3.8, 4) is 0 Å². The maximum absolute atomic E-state index is 11.5. The van der Waals surface area contributed by atoms with Gasteiger partial charge in [0.2, 0.25) is 5.91 Å². The molecular weight excluding hydrogens is 202 g/mol. The summed E-state index contributed by atoms with van der Waals surface area (Å²) in [6.07, 6.45) is 6.60. The second-order valence-electron chi connectivity index (χ2n) is 4.25. The van der Waals surface area contributed by atoms with Crippen molar-refractivity contribution in [3.05, 3.63) is 0 Å². The highest BCUT2D eigenvalue weighted by molar-refractivity contribution is 5.77. The molecule has 0 aliphatic carbocycles. The Morgan fingerprint density at radius 3 is 2.44 bits per heavy atom. The number of hydrogen-bond donors (Lipinski definition) is 1. The summed E-state index contributed by atoms with van der Waals surface area (Å²) in [7, 11) is 0. The van der Waals surface area contributed by atoms with E-state index in [2.05, 4.69) is 19.2 Å². The average Bonchev–Trinajstić information content (AvgIpc) is 2.26. The van der Waals surface area contributed by atoms with Crippen LogP contribution in [0, 0.1) is 0 Å². The van der Waals surface area contributed by atoms with Gasteiger partial charge in [-0.3, -0.25) is 4.79 Å². The lowest BCUT2D eigenvalue weighted by molar-refractivity contribution is -0.126. The molecule has 16 heavy (non-hydrogen) atoms. The molecule has 0 aliphatic rings. The molecule has 0 aromatic rings. The largest absolute Gasteiger partial charge is 0.372 e. The van der Waals surface area contributed by atoms with Gasteiger partial charge < -0.3 is 10.1 Å². The minimum Gasteiger partial charge on any atom is -0.372 e. The van der Waals surface area contributed by atoms with Crippen molar-refractivity contribution >= 4 is 5.91 Å². The van der Waals surface area contributed by atoms with Crippen molar-refractivity contribution in [1.82, 2.24) is 5.32 Å². The molecule has 0 spiro atoms. The fourth-order valence-corrected chi connectivity index (χ4v) is 1.67. The summed E-state index contributed by atoms with van der Waals surface area (Å²) in [5.74, 6) is 0.0306. The van der Waals surface area contributed by atoms with E-state index in [0.717, 1.165) is 25.7 Å². The first-order valence-corrected chi connectivity index (χ1v) is 6.61. The molecule has 1 atom stereocenters. The van der Waals surface area contributed by atoms with Gasteiger partial charge in [-0.15, -0.1) is 0 Å². The summed E-state index contributed by atoms with van der Waals surface area (Å²) < 4.78 is 5.22. The Balaban J connectivity index is 3.73. The van der Waals surface area contributed by atoms with E-state index in [9.17, 15) is 4.79 Å². The predicted octanol–water partition coefficient (Wildman–Crippen LogP) is 2.89. The Hall–Kier alpha value is -0.570. The molecule has 1 amide bonds. The van der Waals surface area contributed by atoms with Gasteiger partial charge in [-0.2, -0.15) is 0 Å². The summed E-state index contributed by atoms with van der Waals surface area (Å²) >= 11 is 0. The van der Waals surface area contributed by atoms with Gasteiger partial charge in [0.1, 0.15) is 6.61 Å². The first-order chi connectivity index (χ1) is 7.74. The van der Waals surface area contributed by atoms with E-state index in [0.29, 0.717) is 12.6 Å². The molecule has 0 aromatic carbocycles. The molecule has 0 radical (unpaired) electrons. The minimum atomic E-state index is 0.0306. The van der Waals surface area contributed by atoms with Crippen LogP contribution in [0.2, 0.25) is 0 Å². The molecule has 1 N–H and O–H groups in total. The topological polar surface area (TPSA) is 38.3 Å². The smallest absolute Gasteiger partial charge is 0.246 e. The van der Waals surface area contributed by atoms with E-state index in [-0.39, 0.29) is 12.5 Å². The number of rotatable bonds is 10. The van der Waals surface area contributed by atoms with Crippen molar-refractivity contribution < 1.29 is 9.53 Å². The SMILES string of the molecule is CCCCC(CCC)NC(=O)COCCC. The Morgan fingerprint density at radius 1 is 1.12 bits per heavy atom. The lowest BCUT2D eigenvalue weighted by atomic mass is 10.1. The first-order valence-electron chi connectivity index (χ1n) is 6.61. The summed E-state index contributed by atoms with van der Waals surface area (Å²) in [5.41, 5.74) is 0. The molecule has 0 bridgehead atoms. The molecule has 0 rings (SSSR count). The fraction of sp³-hybridized carbons (Fsp3) is 0.923. The molecule has 0 saturated carbocycles. The normalized spacial score (nSPS) is 12.4. The highest BCUT2D eigenvalue weighted by Gasteiger charge is 2.10. The van der Waals surface area contributed by atoms with Crippen molar-refractivity contribution in [2.24, 2.45) is 0 Å². The number of amides is 1. The maximum Gasteiger partial charge on any atom is 0.246 e. The van der Waals surface area contributed by atoms with Crippen molar-refractivity contribution in [2.75, 3.05) is 13.2 Å². The molecule has 0 heterocycles. The molecule has 0 fully saturated rings. The van der Waals surface area contributed by atoms with Crippen LogP contribution in [-0.4, -0.2) is 25.2 Å². The number of hydrogen-bond acceptors (Lipinski definition) is 2. The Morgan fingerprint density at radius 2 is 1.88 bits per heavy atom. The van der Waals surface area contributed by atoms with Gasteiger partial charge in [0.05, 0.1) is 0 Å². The Bertz CT molecular complexity index is 171. The third-order valence-electron chi connectivity index (χ3n) is 2.49. The summed E-state index contributed by atoms with van der Waals surface area (Å²) in [6, 6.07) is 0.336. The predicted molar refractivity (Wildman–Crippen MR) is 67.5 cm³/mol. The lowest BCUT2D eigenvalue weighted by Crippen LogP contribution is -2.37. The number of carbonyl (C=O) groups is 1.